The summed E-state index contributed by atoms with van der Waals surface area (Å²) in [6.45, 7) is 6.45. The fourth-order valence-corrected chi connectivity index (χ4v) is 4.54. The van der Waals surface area contributed by atoms with Crippen molar-refractivity contribution in [1.82, 2.24) is 19.8 Å². The first-order valence-corrected chi connectivity index (χ1v) is 12.7. The summed E-state index contributed by atoms with van der Waals surface area (Å²) in [4.78, 5) is 26.4. The predicted molar refractivity (Wildman–Crippen MR) is 143 cm³/mol. The average Bonchev–Trinajstić information content (AvgIpc) is 2.91. The van der Waals surface area contributed by atoms with E-state index in [2.05, 4.69) is 29.0 Å². The van der Waals surface area contributed by atoms with Crippen LogP contribution in [0.1, 0.15) is 43.5 Å². The number of rotatable bonds is 8. The summed E-state index contributed by atoms with van der Waals surface area (Å²) in [6, 6.07) is 14.6. The molecule has 0 atom stereocenters. The van der Waals surface area contributed by atoms with E-state index in [9.17, 15) is 18.0 Å². The lowest BCUT2D eigenvalue weighted by atomic mass is 10.0. The van der Waals surface area contributed by atoms with Gasteiger partial charge < -0.3 is 15.1 Å². The van der Waals surface area contributed by atoms with Crippen LogP contribution in [0.5, 0.6) is 0 Å². The number of carbonyl (C=O) groups is 1. The van der Waals surface area contributed by atoms with Crippen molar-refractivity contribution in [3.8, 4) is 0 Å². The molecule has 200 valence electrons. The van der Waals surface area contributed by atoms with E-state index in [1.165, 1.54) is 18.2 Å². The van der Waals surface area contributed by atoms with E-state index >= 15 is 0 Å². The van der Waals surface area contributed by atoms with Crippen molar-refractivity contribution in [1.29, 1.82) is 0 Å². The summed E-state index contributed by atoms with van der Waals surface area (Å²) in [5, 5.41) is 3.25. The van der Waals surface area contributed by atoms with Crippen molar-refractivity contribution in [3.63, 3.8) is 0 Å². The molecule has 38 heavy (non-hydrogen) atoms. The quantitative estimate of drug-likeness (QED) is 0.359. The molecule has 2 aromatic heterocycles. The minimum Gasteiger partial charge on any atom is -0.340 e. The van der Waals surface area contributed by atoms with E-state index in [0.717, 1.165) is 49.4 Å². The molecule has 0 spiro atoms. The first-order chi connectivity index (χ1) is 18.2. The Hall–Kier alpha value is -3.72. The molecule has 0 unspecified atom stereocenters. The van der Waals surface area contributed by atoms with Gasteiger partial charge in [-0.25, -0.2) is 4.98 Å². The minimum absolute atomic E-state index is 0.0355. The molecule has 1 amide bonds. The van der Waals surface area contributed by atoms with Gasteiger partial charge in [0.2, 0.25) is 5.91 Å². The van der Waals surface area contributed by atoms with Crippen molar-refractivity contribution >= 4 is 23.5 Å². The van der Waals surface area contributed by atoms with Crippen LogP contribution in [0.2, 0.25) is 0 Å². The van der Waals surface area contributed by atoms with E-state index in [1.807, 2.05) is 35.2 Å². The van der Waals surface area contributed by atoms with Gasteiger partial charge in [0, 0.05) is 49.3 Å². The highest BCUT2D eigenvalue weighted by molar-refractivity contribution is 5.92. The summed E-state index contributed by atoms with van der Waals surface area (Å²) >= 11 is 0. The molecule has 1 aliphatic heterocycles. The Morgan fingerprint density at radius 2 is 1.76 bits per heavy atom. The summed E-state index contributed by atoms with van der Waals surface area (Å²) in [5.74, 6) is 0.471. The lowest BCUT2D eigenvalue weighted by Gasteiger charge is -2.39. The number of carbonyl (C=O) groups excluding carboxylic acids is 1. The van der Waals surface area contributed by atoms with E-state index in [4.69, 9.17) is 4.98 Å². The van der Waals surface area contributed by atoms with Crippen molar-refractivity contribution in [2.24, 2.45) is 0 Å². The molecule has 0 aliphatic carbocycles. The van der Waals surface area contributed by atoms with Gasteiger partial charge in [-0.1, -0.05) is 18.2 Å². The van der Waals surface area contributed by atoms with E-state index in [-0.39, 0.29) is 11.9 Å². The first kappa shape index (κ1) is 27.3. The standard InChI is InChI=1S/C29H32F3N5O/c1-21(2)36-18-14-26(15-19-36)37(28(38)11-8-22-6-9-23(10-7-22)29(30,31)32)20-25-4-3-5-27(35-25)34-24-12-16-33-17-13-24/h3-13,16-17,21,26H,14-15,18-20H2,1-2H3,(H,33,34,35). The van der Waals surface area contributed by atoms with Gasteiger partial charge in [-0.15, -0.1) is 0 Å². The highest BCUT2D eigenvalue weighted by Gasteiger charge is 2.30. The number of nitrogens with one attached hydrogen (secondary N) is 1. The summed E-state index contributed by atoms with van der Waals surface area (Å²) in [7, 11) is 0. The number of hydrogen-bond donors (Lipinski definition) is 1. The van der Waals surface area contributed by atoms with Gasteiger partial charge in [0.05, 0.1) is 17.8 Å². The summed E-state index contributed by atoms with van der Waals surface area (Å²) < 4.78 is 38.7. The van der Waals surface area contributed by atoms with Crippen LogP contribution in [0.4, 0.5) is 24.7 Å². The maximum Gasteiger partial charge on any atom is 0.416 e. The van der Waals surface area contributed by atoms with Crippen LogP contribution in [0.15, 0.2) is 73.1 Å². The van der Waals surface area contributed by atoms with Crippen molar-refractivity contribution < 1.29 is 18.0 Å². The lowest BCUT2D eigenvalue weighted by molar-refractivity contribution is -0.137. The zero-order valence-corrected chi connectivity index (χ0v) is 21.5. The van der Waals surface area contributed by atoms with Crippen LogP contribution in [0.25, 0.3) is 6.08 Å². The first-order valence-electron chi connectivity index (χ1n) is 12.7. The molecule has 0 bridgehead atoms. The molecule has 3 heterocycles. The lowest BCUT2D eigenvalue weighted by Crippen LogP contribution is -2.48. The fourth-order valence-electron chi connectivity index (χ4n) is 4.54. The van der Waals surface area contributed by atoms with Crippen molar-refractivity contribution in [3.05, 3.63) is 89.9 Å². The second-order valence-electron chi connectivity index (χ2n) is 9.66. The molecule has 4 rings (SSSR count). The zero-order chi connectivity index (χ0) is 27.1. The minimum atomic E-state index is -4.40. The monoisotopic (exact) mass is 523 g/mol. The van der Waals surface area contributed by atoms with Crippen molar-refractivity contribution in [2.45, 2.75) is 51.5 Å². The number of amides is 1. The number of pyridine rings is 2. The molecule has 1 aromatic carbocycles. The SMILES string of the molecule is CC(C)N1CCC(N(Cc2cccc(Nc3ccncc3)n2)C(=O)C=Cc2ccc(C(F)(F)F)cc2)CC1. The number of hydrogen-bond acceptors (Lipinski definition) is 5. The molecular weight excluding hydrogens is 491 g/mol. The van der Waals surface area contributed by atoms with Gasteiger partial charge in [0.25, 0.3) is 0 Å². The molecular formula is C29H32F3N5O. The Kier molecular flexibility index (Phi) is 8.78. The molecule has 1 aliphatic rings. The third-order valence-corrected chi connectivity index (χ3v) is 6.70. The number of aromatic nitrogens is 2. The van der Waals surface area contributed by atoms with Gasteiger partial charge >= 0.3 is 6.18 Å². The van der Waals surface area contributed by atoms with Crippen LogP contribution < -0.4 is 5.32 Å². The van der Waals surface area contributed by atoms with Crippen LogP contribution in [0, 0.1) is 0 Å². The molecule has 0 saturated carbocycles. The second-order valence-corrected chi connectivity index (χ2v) is 9.66. The van der Waals surface area contributed by atoms with Crippen LogP contribution in [-0.4, -0.2) is 50.8 Å². The van der Waals surface area contributed by atoms with E-state index < -0.39 is 11.7 Å². The van der Waals surface area contributed by atoms with Crippen LogP contribution in [-0.2, 0) is 17.5 Å². The maximum absolute atomic E-state index is 13.4. The fraction of sp³-hybridized carbons (Fsp3) is 0.345. The Labute approximate surface area is 221 Å². The topological polar surface area (TPSA) is 61.4 Å². The molecule has 9 heteroatoms. The van der Waals surface area contributed by atoms with Crippen LogP contribution >= 0.6 is 0 Å². The van der Waals surface area contributed by atoms with Crippen LogP contribution in [0.3, 0.4) is 0 Å². The molecule has 1 fully saturated rings. The van der Waals surface area contributed by atoms with Gasteiger partial charge in [0.1, 0.15) is 5.82 Å². The number of halogens is 3. The number of alkyl halides is 3. The predicted octanol–water partition coefficient (Wildman–Crippen LogP) is 6.15. The highest BCUT2D eigenvalue weighted by Crippen LogP contribution is 2.29. The largest absolute Gasteiger partial charge is 0.416 e. The summed E-state index contributed by atoms with van der Waals surface area (Å²) in [5.41, 5.74) is 1.41. The Morgan fingerprint density at radius 1 is 1.08 bits per heavy atom. The van der Waals surface area contributed by atoms with Crippen molar-refractivity contribution in [2.75, 3.05) is 18.4 Å². The van der Waals surface area contributed by atoms with Gasteiger partial charge in [0.15, 0.2) is 0 Å². The second kappa shape index (κ2) is 12.2. The molecule has 1 saturated heterocycles. The Balaban J connectivity index is 1.51. The Bertz CT molecular complexity index is 1220. The maximum atomic E-state index is 13.4. The molecule has 3 aromatic rings. The third-order valence-electron chi connectivity index (χ3n) is 6.70. The van der Waals surface area contributed by atoms with E-state index in [0.29, 0.717) is 24.0 Å². The number of benzene rings is 1. The van der Waals surface area contributed by atoms with Gasteiger partial charge in [-0.3, -0.25) is 9.78 Å². The number of anilines is 2. The third kappa shape index (κ3) is 7.41. The number of nitrogens with zero attached hydrogens (tertiary/aromatic N) is 4. The highest BCUT2D eigenvalue weighted by atomic mass is 19.4. The average molecular weight is 524 g/mol. The zero-order valence-electron chi connectivity index (χ0n) is 21.5. The van der Waals surface area contributed by atoms with Gasteiger partial charge in [-0.2, -0.15) is 13.2 Å². The number of piperidine rings is 1. The summed E-state index contributed by atoms with van der Waals surface area (Å²) in [6.07, 6.45) is 3.68. The van der Waals surface area contributed by atoms with E-state index in [1.54, 1.807) is 18.5 Å². The molecule has 1 N–H and O–H groups in total. The molecule has 0 radical (unpaired) electrons. The number of likely N-dealkylation sites (tertiary alicyclic amines) is 1. The normalized spacial score (nSPS) is 15.2. The Morgan fingerprint density at radius 3 is 2.39 bits per heavy atom. The van der Waals surface area contributed by atoms with Gasteiger partial charge in [-0.05, 0) is 74.7 Å². The smallest absolute Gasteiger partial charge is 0.340 e. The molecule has 6 nitrogen and oxygen atoms in total.